The molecule has 0 spiro atoms. The van der Waals surface area contributed by atoms with E-state index in [4.69, 9.17) is 0 Å². The minimum Gasteiger partial charge on any atom is -0.147 e. The SMILES string of the molecule is CC(C)([CH2][Sn]([CH2]C(C)(C)c1ccccc1)[c]1cc(F)c(F)cc1F)c1ccccc1.Cl. The first-order valence-electron chi connectivity index (χ1n) is 10.2. The maximum absolute atomic E-state index is 14.9. The van der Waals surface area contributed by atoms with Crippen molar-refractivity contribution in [3.8, 4) is 0 Å². The van der Waals surface area contributed by atoms with E-state index < -0.39 is 37.2 Å². The third-order valence-corrected chi connectivity index (χ3v) is 16.6. The molecule has 0 aliphatic heterocycles. The second-order valence-corrected chi connectivity index (χ2v) is 16.2. The molecule has 0 amide bonds. The van der Waals surface area contributed by atoms with Crippen LogP contribution < -0.4 is 3.58 Å². The zero-order valence-corrected chi connectivity index (χ0v) is 22.1. The summed E-state index contributed by atoms with van der Waals surface area (Å²) in [4.78, 5) is 0. The van der Waals surface area contributed by atoms with Crippen LogP contribution in [0.2, 0.25) is 8.87 Å². The molecule has 0 nitrogen and oxygen atoms in total. The van der Waals surface area contributed by atoms with Gasteiger partial charge in [0, 0.05) is 0 Å². The van der Waals surface area contributed by atoms with Gasteiger partial charge in [-0.15, -0.1) is 12.4 Å². The van der Waals surface area contributed by atoms with Crippen LogP contribution in [0.25, 0.3) is 0 Å². The van der Waals surface area contributed by atoms with Crippen LogP contribution >= 0.6 is 12.4 Å². The van der Waals surface area contributed by atoms with Gasteiger partial charge in [0.15, 0.2) is 0 Å². The molecule has 0 aliphatic rings. The predicted molar refractivity (Wildman–Crippen MR) is 128 cm³/mol. The standard InChI is InChI=1S/2C10H13.C6H2F3.ClH.Sn/c2*1-10(2,3)9-7-5-4-6-8-9;7-4-1-2-5(8)6(9)3-4;;/h2*4-8H,1H2,2-3H3;2-3H;1H;. The quantitative estimate of drug-likeness (QED) is 0.215. The van der Waals surface area contributed by atoms with E-state index >= 15 is 0 Å². The summed E-state index contributed by atoms with van der Waals surface area (Å²) in [5.74, 6) is -2.68. The molecule has 3 aromatic carbocycles. The smallest absolute Gasteiger partial charge is 0.147 e. The Balaban J connectivity index is 0.00000341. The van der Waals surface area contributed by atoms with Gasteiger partial charge >= 0.3 is 185 Å². The second kappa shape index (κ2) is 10.4. The number of rotatable bonds is 7. The Hall–Kier alpha value is -1.46. The van der Waals surface area contributed by atoms with Crippen LogP contribution in [0.1, 0.15) is 38.8 Å². The fraction of sp³-hybridized carbons (Fsp3) is 0.308. The second-order valence-electron chi connectivity index (χ2n) is 9.20. The van der Waals surface area contributed by atoms with Gasteiger partial charge in [0.1, 0.15) is 0 Å². The van der Waals surface area contributed by atoms with Crippen molar-refractivity contribution in [1.82, 2.24) is 0 Å². The molecule has 31 heavy (non-hydrogen) atoms. The molecule has 0 aromatic heterocycles. The van der Waals surface area contributed by atoms with E-state index in [9.17, 15) is 13.2 Å². The molecule has 0 unspecified atom stereocenters. The summed E-state index contributed by atoms with van der Waals surface area (Å²) in [5, 5.41) is 0. The summed E-state index contributed by atoms with van der Waals surface area (Å²) in [7, 11) is 0. The Labute approximate surface area is 197 Å². The average Bonchev–Trinajstić information content (AvgIpc) is 2.71. The molecule has 0 saturated carbocycles. The third-order valence-electron chi connectivity index (χ3n) is 5.81. The summed E-state index contributed by atoms with van der Waals surface area (Å²) in [6, 6.07) is 22.2. The molecular formula is C26H29ClF3Sn. The molecule has 0 heterocycles. The van der Waals surface area contributed by atoms with Crippen molar-refractivity contribution < 1.29 is 13.2 Å². The topological polar surface area (TPSA) is 0 Å². The van der Waals surface area contributed by atoms with Gasteiger partial charge in [0.25, 0.3) is 0 Å². The molecule has 5 heteroatoms. The van der Waals surface area contributed by atoms with E-state index in [1.54, 1.807) is 0 Å². The molecule has 3 rings (SSSR count). The van der Waals surface area contributed by atoms with Crippen LogP contribution in [0.5, 0.6) is 0 Å². The van der Waals surface area contributed by atoms with Crippen molar-refractivity contribution >= 4 is 35.7 Å². The molecule has 0 atom stereocenters. The van der Waals surface area contributed by atoms with Crippen LogP contribution in [0.15, 0.2) is 72.8 Å². The fourth-order valence-electron chi connectivity index (χ4n) is 4.10. The van der Waals surface area contributed by atoms with E-state index in [0.717, 1.165) is 21.0 Å². The van der Waals surface area contributed by atoms with Crippen molar-refractivity contribution in [2.75, 3.05) is 0 Å². The Morgan fingerprint density at radius 1 is 0.613 bits per heavy atom. The number of benzene rings is 3. The monoisotopic (exact) mass is 553 g/mol. The molecule has 1 radical (unpaired) electrons. The Morgan fingerprint density at radius 2 is 1.00 bits per heavy atom. The van der Waals surface area contributed by atoms with E-state index in [1.165, 1.54) is 11.1 Å². The van der Waals surface area contributed by atoms with Gasteiger partial charge in [-0.2, -0.15) is 0 Å². The normalized spacial score (nSPS) is 12.0. The minimum absolute atomic E-state index is 0. The van der Waals surface area contributed by atoms with Crippen molar-refractivity contribution in [3.05, 3.63) is 101 Å². The zero-order valence-electron chi connectivity index (χ0n) is 18.4. The van der Waals surface area contributed by atoms with Gasteiger partial charge in [-0.1, -0.05) is 0 Å². The number of halogens is 4. The van der Waals surface area contributed by atoms with Crippen LogP contribution in [-0.4, -0.2) is 19.8 Å². The molecule has 165 valence electrons. The van der Waals surface area contributed by atoms with Crippen molar-refractivity contribution in [2.45, 2.75) is 47.4 Å². The molecule has 0 N–H and O–H groups in total. The van der Waals surface area contributed by atoms with Crippen LogP contribution in [-0.2, 0) is 10.8 Å². The van der Waals surface area contributed by atoms with Crippen molar-refractivity contribution in [1.29, 1.82) is 0 Å². The first-order chi connectivity index (χ1) is 14.1. The summed E-state index contributed by atoms with van der Waals surface area (Å²) in [6.07, 6.45) is 0. The molecule has 3 aromatic rings. The van der Waals surface area contributed by atoms with Crippen LogP contribution in [0.4, 0.5) is 13.2 Å². The molecule has 0 fully saturated rings. The van der Waals surface area contributed by atoms with Crippen LogP contribution in [0.3, 0.4) is 0 Å². The Bertz CT molecular complexity index is 935. The first kappa shape index (κ1) is 25.8. The van der Waals surface area contributed by atoms with Gasteiger partial charge in [0.2, 0.25) is 0 Å². The first-order valence-corrected chi connectivity index (χ1v) is 15.7. The summed E-state index contributed by atoms with van der Waals surface area (Å²) in [5.41, 5.74) is 2.01. The summed E-state index contributed by atoms with van der Waals surface area (Å²) >= 11 is -2.79. The maximum Gasteiger partial charge on any atom is -0.147 e. The number of hydrogen-bond acceptors (Lipinski definition) is 0. The van der Waals surface area contributed by atoms with Gasteiger partial charge in [-0.05, 0) is 0 Å². The summed E-state index contributed by atoms with van der Waals surface area (Å²) in [6.45, 7) is 8.65. The van der Waals surface area contributed by atoms with E-state index in [2.05, 4.69) is 52.0 Å². The van der Waals surface area contributed by atoms with Gasteiger partial charge in [0.05, 0.1) is 0 Å². The van der Waals surface area contributed by atoms with Crippen LogP contribution in [0, 0.1) is 17.5 Å². The fourth-order valence-corrected chi connectivity index (χ4v) is 14.9. The Kier molecular flexibility index (Phi) is 8.68. The predicted octanol–water partition coefficient (Wildman–Crippen LogP) is 7.18. The largest absolute Gasteiger partial charge is 0.147 e. The van der Waals surface area contributed by atoms with Gasteiger partial charge < -0.3 is 0 Å². The van der Waals surface area contributed by atoms with Crippen molar-refractivity contribution in [2.24, 2.45) is 0 Å². The molecular weight excluding hydrogens is 523 g/mol. The number of hydrogen-bond donors (Lipinski definition) is 0. The Morgan fingerprint density at radius 3 is 1.42 bits per heavy atom. The third kappa shape index (κ3) is 6.29. The zero-order chi connectivity index (χ0) is 21.9. The van der Waals surface area contributed by atoms with E-state index in [0.29, 0.717) is 3.58 Å². The van der Waals surface area contributed by atoms with Crippen molar-refractivity contribution in [3.63, 3.8) is 0 Å². The maximum atomic E-state index is 14.9. The minimum atomic E-state index is -2.79. The molecule has 0 saturated heterocycles. The van der Waals surface area contributed by atoms with E-state index in [1.807, 2.05) is 36.4 Å². The molecule has 0 bridgehead atoms. The molecule has 0 aliphatic carbocycles. The van der Waals surface area contributed by atoms with Gasteiger partial charge in [-0.3, -0.25) is 0 Å². The van der Waals surface area contributed by atoms with Gasteiger partial charge in [-0.25, -0.2) is 0 Å². The average molecular weight is 553 g/mol. The summed E-state index contributed by atoms with van der Waals surface area (Å²) < 4.78 is 44.7. The van der Waals surface area contributed by atoms with E-state index in [-0.39, 0.29) is 23.2 Å².